The summed E-state index contributed by atoms with van der Waals surface area (Å²) in [6, 6.07) is 17.1. The lowest BCUT2D eigenvalue weighted by molar-refractivity contribution is 0.101. The molecular weight excluding hydrogens is 386 g/mol. The first-order chi connectivity index (χ1) is 14.4. The molecule has 0 saturated carbocycles. The molecule has 0 aliphatic rings. The van der Waals surface area contributed by atoms with Gasteiger partial charge in [0, 0.05) is 11.3 Å². The molecule has 0 bridgehead atoms. The Morgan fingerprint density at radius 1 is 0.867 bits per heavy atom. The molecule has 1 amide bonds. The number of nitrogens with one attached hydrogen (secondary N) is 1. The average Bonchev–Trinajstić information content (AvgIpc) is 3.17. The van der Waals surface area contributed by atoms with Crippen LogP contribution in [-0.2, 0) is 0 Å². The van der Waals surface area contributed by atoms with E-state index in [0.717, 1.165) is 11.1 Å². The molecule has 1 heterocycles. The van der Waals surface area contributed by atoms with Gasteiger partial charge in [-0.2, -0.15) is 0 Å². The molecule has 5 nitrogen and oxygen atoms in total. The van der Waals surface area contributed by atoms with Gasteiger partial charge in [-0.05, 0) is 73.5 Å². The van der Waals surface area contributed by atoms with E-state index in [1.54, 1.807) is 12.1 Å². The molecule has 0 spiro atoms. The number of amides is 1. The lowest BCUT2D eigenvalue weighted by Gasteiger charge is -2.09. The molecule has 0 radical (unpaired) electrons. The third-order valence-electron chi connectivity index (χ3n) is 4.70. The minimum atomic E-state index is -0.475. The lowest BCUT2D eigenvalue weighted by Crippen LogP contribution is -2.16. The standard InChI is InChI=1S/C23H18F2N4O/c1-14-4-3-5-15(2)20(14)26-23(30)21-27-22(16-6-8-17(24)9-7-16)29(28-21)19-12-10-18(25)11-13-19/h3-13H,1-2H3,(H,26,30). The van der Waals surface area contributed by atoms with Gasteiger partial charge in [0.1, 0.15) is 11.6 Å². The van der Waals surface area contributed by atoms with E-state index in [1.807, 2.05) is 32.0 Å². The zero-order valence-corrected chi connectivity index (χ0v) is 16.4. The molecule has 150 valence electrons. The minimum Gasteiger partial charge on any atom is -0.319 e. The van der Waals surface area contributed by atoms with E-state index in [1.165, 1.54) is 41.1 Å². The number of nitrogens with zero attached hydrogens (tertiary/aromatic N) is 3. The predicted octanol–water partition coefficient (Wildman–Crippen LogP) is 5.08. The molecule has 4 aromatic rings. The highest BCUT2D eigenvalue weighted by Crippen LogP contribution is 2.24. The van der Waals surface area contributed by atoms with Crippen LogP contribution in [0.25, 0.3) is 17.1 Å². The van der Waals surface area contributed by atoms with E-state index in [-0.39, 0.29) is 11.6 Å². The summed E-state index contributed by atoms with van der Waals surface area (Å²) in [5.74, 6) is -0.971. The van der Waals surface area contributed by atoms with Gasteiger partial charge in [-0.25, -0.2) is 18.4 Å². The van der Waals surface area contributed by atoms with Crippen LogP contribution in [0, 0.1) is 25.5 Å². The van der Waals surface area contributed by atoms with Crippen LogP contribution in [-0.4, -0.2) is 20.7 Å². The van der Waals surface area contributed by atoms with E-state index in [0.29, 0.717) is 22.8 Å². The normalized spacial score (nSPS) is 10.8. The Hall–Kier alpha value is -3.87. The number of benzene rings is 3. The summed E-state index contributed by atoms with van der Waals surface area (Å²) in [6.07, 6.45) is 0. The maximum atomic E-state index is 13.4. The van der Waals surface area contributed by atoms with Gasteiger partial charge in [-0.1, -0.05) is 18.2 Å². The summed E-state index contributed by atoms with van der Waals surface area (Å²) in [5.41, 5.74) is 3.62. The van der Waals surface area contributed by atoms with Crippen molar-refractivity contribution >= 4 is 11.6 Å². The number of para-hydroxylation sites is 1. The molecule has 1 aromatic heterocycles. The molecule has 0 unspecified atom stereocenters. The average molecular weight is 404 g/mol. The van der Waals surface area contributed by atoms with Crippen LogP contribution in [0.1, 0.15) is 21.7 Å². The summed E-state index contributed by atoms with van der Waals surface area (Å²) in [7, 11) is 0. The summed E-state index contributed by atoms with van der Waals surface area (Å²) in [4.78, 5) is 17.3. The van der Waals surface area contributed by atoms with Crippen molar-refractivity contribution in [2.75, 3.05) is 5.32 Å². The zero-order chi connectivity index (χ0) is 21.3. The SMILES string of the molecule is Cc1cccc(C)c1NC(=O)c1nc(-c2ccc(F)cc2)n(-c2ccc(F)cc2)n1. The largest absolute Gasteiger partial charge is 0.319 e. The second-order valence-electron chi connectivity index (χ2n) is 6.88. The van der Waals surface area contributed by atoms with Crippen LogP contribution < -0.4 is 5.32 Å². The molecule has 0 saturated heterocycles. The molecule has 0 aliphatic carbocycles. The Morgan fingerprint density at radius 2 is 1.43 bits per heavy atom. The minimum absolute atomic E-state index is 0.0543. The first-order valence-electron chi connectivity index (χ1n) is 9.29. The van der Waals surface area contributed by atoms with E-state index in [2.05, 4.69) is 15.4 Å². The van der Waals surface area contributed by atoms with Crippen molar-refractivity contribution in [2.24, 2.45) is 0 Å². The van der Waals surface area contributed by atoms with Gasteiger partial charge in [0.15, 0.2) is 5.82 Å². The van der Waals surface area contributed by atoms with E-state index < -0.39 is 11.7 Å². The summed E-state index contributed by atoms with van der Waals surface area (Å²) < 4.78 is 28.2. The van der Waals surface area contributed by atoms with E-state index >= 15 is 0 Å². The van der Waals surface area contributed by atoms with E-state index in [4.69, 9.17) is 0 Å². The van der Waals surface area contributed by atoms with Gasteiger partial charge in [-0.3, -0.25) is 4.79 Å². The summed E-state index contributed by atoms with van der Waals surface area (Å²) in [6.45, 7) is 3.80. The Labute approximate surface area is 172 Å². The van der Waals surface area contributed by atoms with Crippen LogP contribution in [0.4, 0.5) is 14.5 Å². The maximum absolute atomic E-state index is 13.4. The fraction of sp³-hybridized carbons (Fsp3) is 0.0870. The van der Waals surface area contributed by atoms with Crippen molar-refractivity contribution in [1.82, 2.24) is 14.8 Å². The number of hydrogen-bond acceptors (Lipinski definition) is 3. The maximum Gasteiger partial charge on any atom is 0.295 e. The first-order valence-corrected chi connectivity index (χ1v) is 9.29. The van der Waals surface area contributed by atoms with Crippen molar-refractivity contribution in [3.63, 3.8) is 0 Å². The van der Waals surface area contributed by atoms with Crippen LogP contribution >= 0.6 is 0 Å². The molecule has 4 rings (SSSR count). The highest BCUT2D eigenvalue weighted by atomic mass is 19.1. The monoisotopic (exact) mass is 404 g/mol. The molecule has 30 heavy (non-hydrogen) atoms. The fourth-order valence-corrected chi connectivity index (χ4v) is 3.14. The predicted molar refractivity (Wildman–Crippen MR) is 111 cm³/mol. The number of halogens is 2. The van der Waals surface area contributed by atoms with Gasteiger partial charge in [-0.15, -0.1) is 5.10 Å². The molecule has 0 aliphatic heterocycles. The third-order valence-corrected chi connectivity index (χ3v) is 4.70. The number of carbonyl (C=O) groups excluding carboxylic acids is 1. The van der Waals surface area contributed by atoms with Crippen LogP contribution in [0.15, 0.2) is 66.7 Å². The van der Waals surface area contributed by atoms with Crippen molar-refractivity contribution in [1.29, 1.82) is 0 Å². The summed E-state index contributed by atoms with van der Waals surface area (Å²) in [5, 5.41) is 7.20. The number of anilines is 1. The van der Waals surface area contributed by atoms with Crippen LogP contribution in [0.3, 0.4) is 0 Å². The quantitative estimate of drug-likeness (QED) is 0.516. The van der Waals surface area contributed by atoms with Crippen LogP contribution in [0.2, 0.25) is 0 Å². The summed E-state index contributed by atoms with van der Waals surface area (Å²) >= 11 is 0. The molecule has 0 fully saturated rings. The van der Waals surface area contributed by atoms with Crippen molar-refractivity contribution < 1.29 is 13.6 Å². The van der Waals surface area contributed by atoms with Gasteiger partial charge in [0.2, 0.25) is 5.82 Å². The number of aromatic nitrogens is 3. The number of hydrogen-bond donors (Lipinski definition) is 1. The Morgan fingerprint density at radius 3 is 2.03 bits per heavy atom. The highest BCUT2D eigenvalue weighted by molar-refractivity contribution is 6.02. The topological polar surface area (TPSA) is 59.8 Å². The fourth-order valence-electron chi connectivity index (χ4n) is 3.14. The number of aryl methyl sites for hydroxylation is 2. The van der Waals surface area contributed by atoms with Gasteiger partial charge in [0.25, 0.3) is 5.91 Å². The highest BCUT2D eigenvalue weighted by Gasteiger charge is 2.20. The lowest BCUT2D eigenvalue weighted by atomic mass is 10.1. The van der Waals surface area contributed by atoms with Gasteiger partial charge >= 0.3 is 0 Å². The van der Waals surface area contributed by atoms with Crippen molar-refractivity contribution in [3.05, 3.63) is 95.3 Å². The first kappa shape index (κ1) is 19.4. The molecular formula is C23H18F2N4O. The van der Waals surface area contributed by atoms with Gasteiger partial charge in [0.05, 0.1) is 5.69 Å². The zero-order valence-electron chi connectivity index (χ0n) is 16.4. The second kappa shape index (κ2) is 7.87. The second-order valence-corrected chi connectivity index (χ2v) is 6.88. The van der Waals surface area contributed by atoms with Gasteiger partial charge < -0.3 is 5.32 Å². The number of carbonyl (C=O) groups is 1. The Balaban J connectivity index is 1.77. The third kappa shape index (κ3) is 3.82. The van der Waals surface area contributed by atoms with Crippen LogP contribution in [0.5, 0.6) is 0 Å². The Kier molecular flexibility index (Phi) is 5.10. The molecule has 1 N–H and O–H groups in total. The van der Waals surface area contributed by atoms with E-state index in [9.17, 15) is 13.6 Å². The number of rotatable bonds is 4. The molecule has 7 heteroatoms. The van der Waals surface area contributed by atoms with Crippen molar-refractivity contribution in [3.8, 4) is 17.1 Å². The smallest absolute Gasteiger partial charge is 0.295 e. The Bertz CT molecular complexity index is 1130. The molecule has 0 atom stereocenters. The molecule has 3 aromatic carbocycles. The van der Waals surface area contributed by atoms with Crippen molar-refractivity contribution in [2.45, 2.75) is 13.8 Å².